The monoisotopic (exact) mass is 241 g/mol. The lowest BCUT2D eigenvalue weighted by atomic mass is 10.0. The highest BCUT2D eigenvalue weighted by Gasteiger charge is 2.13. The number of rotatable bonds is 2. The Morgan fingerprint density at radius 2 is 2.15 bits per heavy atom. The summed E-state index contributed by atoms with van der Waals surface area (Å²) in [4.78, 5) is 11.6. The van der Waals surface area contributed by atoms with E-state index in [1.807, 2.05) is 25.1 Å². The number of halogens is 1. The Labute approximate surface area is 86.3 Å². The number of hydrogen-bond donors (Lipinski definition) is 1. The van der Waals surface area contributed by atoms with Crippen LogP contribution in [0.15, 0.2) is 22.7 Å². The van der Waals surface area contributed by atoms with Gasteiger partial charge in [0.15, 0.2) is 5.78 Å². The molecule has 1 atom stereocenters. The van der Waals surface area contributed by atoms with E-state index in [2.05, 4.69) is 15.9 Å². The minimum atomic E-state index is -0.446. The van der Waals surface area contributed by atoms with Gasteiger partial charge in [0.05, 0.1) is 6.04 Å². The van der Waals surface area contributed by atoms with Crippen molar-refractivity contribution in [1.29, 1.82) is 0 Å². The van der Waals surface area contributed by atoms with Gasteiger partial charge in [0.25, 0.3) is 0 Å². The van der Waals surface area contributed by atoms with Crippen molar-refractivity contribution < 1.29 is 4.79 Å². The van der Waals surface area contributed by atoms with Crippen molar-refractivity contribution in [3.8, 4) is 0 Å². The first-order chi connectivity index (χ1) is 6.02. The first-order valence-corrected chi connectivity index (χ1v) is 4.87. The predicted molar refractivity (Wildman–Crippen MR) is 56.9 cm³/mol. The minimum Gasteiger partial charge on any atom is -0.321 e. The van der Waals surface area contributed by atoms with E-state index < -0.39 is 6.04 Å². The fourth-order valence-corrected chi connectivity index (χ4v) is 1.52. The number of hydrogen-bond acceptors (Lipinski definition) is 2. The van der Waals surface area contributed by atoms with E-state index in [0.29, 0.717) is 5.56 Å². The summed E-state index contributed by atoms with van der Waals surface area (Å²) in [7, 11) is 0. The van der Waals surface area contributed by atoms with Crippen LogP contribution in [0.2, 0.25) is 0 Å². The largest absolute Gasteiger partial charge is 0.321 e. The molecule has 0 amide bonds. The SMILES string of the molecule is Cc1ccc(Br)c(C(=O)C(C)N)c1. The smallest absolute Gasteiger partial charge is 0.180 e. The summed E-state index contributed by atoms with van der Waals surface area (Å²) in [5.41, 5.74) is 7.24. The van der Waals surface area contributed by atoms with Crippen molar-refractivity contribution in [3.63, 3.8) is 0 Å². The first kappa shape index (κ1) is 10.4. The van der Waals surface area contributed by atoms with E-state index in [1.54, 1.807) is 6.92 Å². The summed E-state index contributed by atoms with van der Waals surface area (Å²) in [5, 5.41) is 0. The van der Waals surface area contributed by atoms with E-state index in [1.165, 1.54) is 0 Å². The van der Waals surface area contributed by atoms with Gasteiger partial charge in [-0.05, 0) is 26.0 Å². The highest BCUT2D eigenvalue weighted by atomic mass is 79.9. The standard InChI is InChI=1S/C10H12BrNO/c1-6-3-4-9(11)8(5-6)10(13)7(2)12/h3-5,7H,12H2,1-2H3. The second-order valence-electron chi connectivity index (χ2n) is 3.14. The molecule has 0 radical (unpaired) electrons. The average molecular weight is 242 g/mol. The highest BCUT2D eigenvalue weighted by Crippen LogP contribution is 2.19. The molecule has 70 valence electrons. The van der Waals surface area contributed by atoms with E-state index in [-0.39, 0.29) is 5.78 Å². The van der Waals surface area contributed by atoms with Crippen molar-refractivity contribution in [1.82, 2.24) is 0 Å². The van der Waals surface area contributed by atoms with Crippen LogP contribution in [0.3, 0.4) is 0 Å². The molecular formula is C10H12BrNO. The van der Waals surface area contributed by atoms with Crippen LogP contribution in [0.5, 0.6) is 0 Å². The third-order valence-electron chi connectivity index (χ3n) is 1.80. The number of carbonyl (C=O) groups excluding carboxylic acids is 1. The van der Waals surface area contributed by atoms with Crippen LogP contribution in [0.1, 0.15) is 22.8 Å². The fraction of sp³-hybridized carbons (Fsp3) is 0.300. The van der Waals surface area contributed by atoms with Gasteiger partial charge in [0.1, 0.15) is 0 Å². The second-order valence-corrected chi connectivity index (χ2v) is 3.99. The number of aryl methyl sites for hydroxylation is 1. The molecule has 0 aliphatic carbocycles. The average Bonchev–Trinajstić information content (AvgIpc) is 2.08. The van der Waals surface area contributed by atoms with E-state index in [0.717, 1.165) is 10.0 Å². The van der Waals surface area contributed by atoms with E-state index in [9.17, 15) is 4.79 Å². The molecule has 2 N–H and O–H groups in total. The Kier molecular flexibility index (Phi) is 3.22. The Hall–Kier alpha value is -0.670. The zero-order valence-electron chi connectivity index (χ0n) is 7.67. The van der Waals surface area contributed by atoms with Gasteiger partial charge in [-0.25, -0.2) is 0 Å². The summed E-state index contributed by atoms with van der Waals surface area (Å²) >= 11 is 3.32. The van der Waals surface area contributed by atoms with Gasteiger partial charge < -0.3 is 5.73 Å². The van der Waals surface area contributed by atoms with Crippen LogP contribution in [0.25, 0.3) is 0 Å². The number of benzene rings is 1. The molecule has 0 saturated carbocycles. The maximum Gasteiger partial charge on any atom is 0.180 e. The molecule has 13 heavy (non-hydrogen) atoms. The number of ketones is 1. The third kappa shape index (κ3) is 2.39. The van der Waals surface area contributed by atoms with Gasteiger partial charge in [-0.1, -0.05) is 27.6 Å². The Balaban J connectivity index is 3.13. The number of nitrogens with two attached hydrogens (primary N) is 1. The molecule has 1 aromatic carbocycles. The fourth-order valence-electron chi connectivity index (χ4n) is 1.07. The second kappa shape index (κ2) is 4.03. The maximum absolute atomic E-state index is 11.6. The third-order valence-corrected chi connectivity index (χ3v) is 2.49. The molecule has 0 saturated heterocycles. The van der Waals surface area contributed by atoms with Crippen LogP contribution in [0.4, 0.5) is 0 Å². The topological polar surface area (TPSA) is 43.1 Å². The molecule has 0 heterocycles. The highest BCUT2D eigenvalue weighted by molar-refractivity contribution is 9.10. The van der Waals surface area contributed by atoms with Crippen molar-refractivity contribution in [2.45, 2.75) is 19.9 Å². The van der Waals surface area contributed by atoms with Crippen molar-refractivity contribution in [3.05, 3.63) is 33.8 Å². The van der Waals surface area contributed by atoms with Crippen LogP contribution >= 0.6 is 15.9 Å². The zero-order valence-corrected chi connectivity index (χ0v) is 9.26. The van der Waals surface area contributed by atoms with Gasteiger partial charge in [-0.3, -0.25) is 4.79 Å². The minimum absolute atomic E-state index is 0.0319. The molecule has 0 spiro atoms. The van der Waals surface area contributed by atoms with E-state index in [4.69, 9.17) is 5.73 Å². The molecule has 0 fully saturated rings. The normalized spacial score (nSPS) is 12.6. The molecule has 0 aliphatic rings. The van der Waals surface area contributed by atoms with Crippen molar-refractivity contribution in [2.24, 2.45) is 5.73 Å². The van der Waals surface area contributed by atoms with Gasteiger partial charge >= 0.3 is 0 Å². The molecule has 2 nitrogen and oxygen atoms in total. The lowest BCUT2D eigenvalue weighted by Gasteiger charge is -2.07. The van der Waals surface area contributed by atoms with Crippen LogP contribution in [0, 0.1) is 6.92 Å². The van der Waals surface area contributed by atoms with Gasteiger partial charge in [0.2, 0.25) is 0 Å². The van der Waals surface area contributed by atoms with Crippen molar-refractivity contribution >= 4 is 21.7 Å². The number of carbonyl (C=O) groups is 1. The summed E-state index contributed by atoms with van der Waals surface area (Å²) in [6.45, 7) is 3.64. The summed E-state index contributed by atoms with van der Waals surface area (Å²) in [5.74, 6) is -0.0319. The van der Waals surface area contributed by atoms with Gasteiger partial charge in [-0.15, -0.1) is 0 Å². The zero-order chi connectivity index (χ0) is 10.0. The van der Waals surface area contributed by atoms with Crippen LogP contribution in [-0.2, 0) is 0 Å². The van der Waals surface area contributed by atoms with Crippen LogP contribution in [-0.4, -0.2) is 11.8 Å². The molecule has 0 aromatic heterocycles. The van der Waals surface area contributed by atoms with E-state index >= 15 is 0 Å². The van der Waals surface area contributed by atoms with Gasteiger partial charge in [-0.2, -0.15) is 0 Å². The summed E-state index contributed by atoms with van der Waals surface area (Å²) < 4.78 is 0.806. The first-order valence-electron chi connectivity index (χ1n) is 4.08. The van der Waals surface area contributed by atoms with Gasteiger partial charge in [0, 0.05) is 10.0 Å². The Bertz CT molecular complexity index is 334. The van der Waals surface area contributed by atoms with Crippen LogP contribution < -0.4 is 5.73 Å². The summed E-state index contributed by atoms with van der Waals surface area (Å²) in [6.07, 6.45) is 0. The lowest BCUT2D eigenvalue weighted by molar-refractivity contribution is 0.0967. The Morgan fingerprint density at radius 3 is 2.69 bits per heavy atom. The molecule has 0 bridgehead atoms. The predicted octanol–water partition coefficient (Wildman–Crippen LogP) is 2.29. The maximum atomic E-state index is 11.6. The summed E-state index contributed by atoms with van der Waals surface area (Å²) in [6, 6.07) is 5.21. The molecular weight excluding hydrogens is 230 g/mol. The quantitative estimate of drug-likeness (QED) is 0.808. The molecule has 3 heteroatoms. The molecule has 1 aromatic rings. The lowest BCUT2D eigenvalue weighted by Crippen LogP contribution is -2.26. The Morgan fingerprint density at radius 1 is 1.54 bits per heavy atom. The molecule has 0 aliphatic heterocycles. The van der Waals surface area contributed by atoms with Crippen molar-refractivity contribution in [2.75, 3.05) is 0 Å². The molecule has 1 rings (SSSR count). The number of Topliss-reactive ketones (excluding diaryl/α,β-unsaturated/α-hetero) is 1. The molecule has 1 unspecified atom stereocenters.